The van der Waals surface area contributed by atoms with E-state index in [9.17, 15) is 14.4 Å². The second-order valence-electron chi connectivity index (χ2n) is 4.41. The molecule has 2 atom stereocenters. The van der Waals surface area contributed by atoms with E-state index in [0.717, 1.165) is 0 Å². The molecule has 0 saturated carbocycles. The van der Waals surface area contributed by atoms with Gasteiger partial charge in [-0.1, -0.05) is 0 Å². The van der Waals surface area contributed by atoms with Crippen LogP contribution < -0.4 is 16.0 Å². The van der Waals surface area contributed by atoms with E-state index in [4.69, 9.17) is 10.2 Å². The van der Waals surface area contributed by atoms with E-state index in [1.54, 1.807) is 13.8 Å². The first-order valence-corrected chi connectivity index (χ1v) is 5.99. The summed E-state index contributed by atoms with van der Waals surface area (Å²) in [5.74, 6) is -1.61. The molecule has 0 aliphatic heterocycles. The number of aliphatic hydroxyl groups excluding tert-OH is 1. The standard InChI is InChI=1S/C11H21N3O5/c1-6(2)12-9(16)7(3)13-11(19)14-8(4-5-15)10(17)18/h6-8,15H,4-5H2,1-3H3,(H,12,16)(H,17,18)(H2,13,14,19)/t7?,8-/m0/s1. The highest BCUT2D eigenvalue weighted by Gasteiger charge is 2.21. The second-order valence-corrected chi connectivity index (χ2v) is 4.41. The number of carboxylic acids is 1. The van der Waals surface area contributed by atoms with Crippen LogP contribution in [0.3, 0.4) is 0 Å². The molecule has 0 radical (unpaired) electrons. The summed E-state index contributed by atoms with van der Waals surface area (Å²) in [6, 6.07) is -2.80. The maximum atomic E-state index is 11.5. The minimum atomic E-state index is -1.25. The maximum Gasteiger partial charge on any atom is 0.326 e. The Bertz CT molecular complexity index is 332. The van der Waals surface area contributed by atoms with Gasteiger partial charge in [-0.05, 0) is 20.8 Å². The molecule has 0 aliphatic rings. The molecule has 0 spiro atoms. The highest BCUT2D eigenvalue weighted by Crippen LogP contribution is 1.92. The summed E-state index contributed by atoms with van der Waals surface area (Å²) in [5, 5.41) is 24.6. The van der Waals surface area contributed by atoms with Crippen molar-refractivity contribution in [2.75, 3.05) is 6.61 Å². The molecule has 0 aromatic carbocycles. The molecule has 5 N–H and O–H groups in total. The van der Waals surface area contributed by atoms with Crippen molar-refractivity contribution in [3.8, 4) is 0 Å². The van der Waals surface area contributed by atoms with Crippen LogP contribution in [-0.4, -0.2) is 52.9 Å². The average molecular weight is 275 g/mol. The van der Waals surface area contributed by atoms with Gasteiger partial charge in [0, 0.05) is 19.1 Å². The Morgan fingerprint density at radius 1 is 1.05 bits per heavy atom. The molecule has 0 fully saturated rings. The minimum Gasteiger partial charge on any atom is -0.480 e. The van der Waals surface area contributed by atoms with Gasteiger partial charge in [-0.15, -0.1) is 0 Å². The Morgan fingerprint density at radius 3 is 2.05 bits per heavy atom. The second kappa shape index (κ2) is 8.30. The first kappa shape index (κ1) is 17.2. The van der Waals surface area contributed by atoms with Gasteiger partial charge in [0.2, 0.25) is 5.91 Å². The predicted octanol–water partition coefficient (Wildman–Crippen LogP) is -0.966. The quantitative estimate of drug-likeness (QED) is 0.408. The van der Waals surface area contributed by atoms with Crippen LogP contribution in [-0.2, 0) is 9.59 Å². The molecule has 0 heterocycles. The lowest BCUT2D eigenvalue weighted by Crippen LogP contribution is -2.53. The molecular weight excluding hydrogens is 254 g/mol. The Balaban J connectivity index is 4.28. The maximum absolute atomic E-state index is 11.5. The van der Waals surface area contributed by atoms with E-state index in [2.05, 4.69) is 16.0 Å². The Labute approximate surface area is 111 Å². The van der Waals surface area contributed by atoms with Crippen LogP contribution in [0, 0.1) is 0 Å². The molecule has 8 nitrogen and oxygen atoms in total. The van der Waals surface area contributed by atoms with Gasteiger partial charge in [-0.25, -0.2) is 9.59 Å². The SMILES string of the molecule is CC(C)NC(=O)C(C)NC(=O)N[C@@H](CCO)C(=O)O. The van der Waals surface area contributed by atoms with E-state index in [1.807, 2.05) is 0 Å². The van der Waals surface area contributed by atoms with Crippen molar-refractivity contribution in [2.45, 2.75) is 45.3 Å². The molecule has 0 saturated heterocycles. The van der Waals surface area contributed by atoms with Crippen LogP contribution in [0.4, 0.5) is 4.79 Å². The first-order valence-electron chi connectivity index (χ1n) is 5.99. The van der Waals surface area contributed by atoms with Crippen molar-refractivity contribution >= 4 is 17.9 Å². The smallest absolute Gasteiger partial charge is 0.326 e. The molecular formula is C11H21N3O5. The molecule has 0 aromatic rings. The summed E-state index contributed by atoms with van der Waals surface area (Å²) in [6.07, 6.45) is -0.102. The largest absolute Gasteiger partial charge is 0.480 e. The third kappa shape index (κ3) is 7.24. The molecule has 3 amide bonds. The van der Waals surface area contributed by atoms with E-state index in [-0.39, 0.29) is 25.0 Å². The summed E-state index contributed by atoms with van der Waals surface area (Å²) in [7, 11) is 0. The van der Waals surface area contributed by atoms with Crippen molar-refractivity contribution in [3.63, 3.8) is 0 Å². The van der Waals surface area contributed by atoms with Crippen molar-refractivity contribution in [1.29, 1.82) is 0 Å². The molecule has 0 aromatic heterocycles. The fourth-order valence-electron chi connectivity index (χ4n) is 1.26. The summed E-state index contributed by atoms with van der Waals surface area (Å²) >= 11 is 0. The highest BCUT2D eigenvalue weighted by molar-refractivity contribution is 5.88. The van der Waals surface area contributed by atoms with Crippen molar-refractivity contribution < 1.29 is 24.6 Å². The normalized spacial score (nSPS) is 13.5. The number of hydrogen-bond acceptors (Lipinski definition) is 4. The molecule has 0 aliphatic carbocycles. The van der Waals surface area contributed by atoms with Crippen molar-refractivity contribution in [3.05, 3.63) is 0 Å². The Kier molecular flexibility index (Phi) is 7.50. The van der Waals surface area contributed by atoms with Crippen LogP contribution in [0.5, 0.6) is 0 Å². The Morgan fingerprint density at radius 2 is 1.63 bits per heavy atom. The lowest BCUT2D eigenvalue weighted by atomic mass is 10.2. The van der Waals surface area contributed by atoms with Gasteiger partial charge in [-0.3, -0.25) is 4.79 Å². The van der Waals surface area contributed by atoms with E-state index in [1.165, 1.54) is 6.92 Å². The lowest BCUT2D eigenvalue weighted by Gasteiger charge is -2.18. The number of aliphatic hydroxyl groups is 1. The number of nitrogens with one attached hydrogen (secondary N) is 3. The van der Waals surface area contributed by atoms with E-state index >= 15 is 0 Å². The number of hydrogen-bond donors (Lipinski definition) is 5. The van der Waals surface area contributed by atoms with Crippen LogP contribution in [0.2, 0.25) is 0 Å². The van der Waals surface area contributed by atoms with Gasteiger partial charge in [0.25, 0.3) is 0 Å². The first-order chi connectivity index (χ1) is 8.77. The number of urea groups is 1. The molecule has 110 valence electrons. The van der Waals surface area contributed by atoms with Gasteiger partial charge in [0.05, 0.1) is 0 Å². The van der Waals surface area contributed by atoms with Crippen molar-refractivity contribution in [2.24, 2.45) is 0 Å². The van der Waals surface area contributed by atoms with Crippen LogP contribution in [0.25, 0.3) is 0 Å². The summed E-state index contributed by atoms with van der Waals surface area (Å²) in [6.45, 7) is 4.69. The zero-order valence-corrected chi connectivity index (χ0v) is 11.3. The van der Waals surface area contributed by atoms with Crippen LogP contribution >= 0.6 is 0 Å². The predicted molar refractivity (Wildman–Crippen MR) is 67.5 cm³/mol. The van der Waals surface area contributed by atoms with Gasteiger partial charge < -0.3 is 26.2 Å². The minimum absolute atomic E-state index is 0.0547. The number of carbonyl (C=O) groups excluding carboxylic acids is 2. The van der Waals surface area contributed by atoms with Gasteiger partial charge in [0.1, 0.15) is 12.1 Å². The number of carbonyl (C=O) groups is 3. The highest BCUT2D eigenvalue weighted by atomic mass is 16.4. The zero-order valence-electron chi connectivity index (χ0n) is 11.3. The van der Waals surface area contributed by atoms with Crippen LogP contribution in [0.1, 0.15) is 27.2 Å². The summed E-state index contributed by atoms with van der Waals surface area (Å²) < 4.78 is 0. The van der Waals surface area contributed by atoms with Gasteiger partial charge >= 0.3 is 12.0 Å². The van der Waals surface area contributed by atoms with E-state index in [0.29, 0.717) is 0 Å². The molecule has 0 rings (SSSR count). The summed E-state index contributed by atoms with van der Waals surface area (Å²) in [5.41, 5.74) is 0. The molecule has 1 unspecified atom stereocenters. The molecule has 19 heavy (non-hydrogen) atoms. The topological polar surface area (TPSA) is 128 Å². The number of carboxylic acid groups (broad SMARTS) is 1. The third-order valence-corrected chi connectivity index (χ3v) is 2.19. The van der Waals surface area contributed by atoms with Crippen molar-refractivity contribution in [1.82, 2.24) is 16.0 Å². The molecule has 8 heteroatoms. The summed E-state index contributed by atoms with van der Waals surface area (Å²) in [4.78, 5) is 33.8. The fourth-order valence-corrected chi connectivity index (χ4v) is 1.26. The third-order valence-electron chi connectivity index (χ3n) is 2.19. The zero-order chi connectivity index (χ0) is 15.0. The van der Waals surface area contributed by atoms with Crippen LogP contribution in [0.15, 0.2) is 0 Å². The average Bonchev–Trinajstić information content (AvgIpc) is 2.27. The fraction of sp³-hybridized carbons (Fsp3) is 0.727. The number of amides is 3. The van der Waals surface area contributed by atoms with Gasteiger partial charge in [0.15, 0.2) is 0 Å². The van der Waals surface area contributed by atoms with E-state index < -0.39 is 24.1 Å². The Hall–Kier alpha value is -1.83. The lowest BCUT2D eigenvalue weighted by molar-refractivity contribution is -0.139. The number of rotatable bonds is 7. The van der Waals surface area contributed by atoms with Gasteiger partial charge in [-0.2, -0.15) is 0 Å². The number of aliphatic carboxylic acids is 1. The monoisotopic (exact) mass is 275 g/mol. The molecule has 0 bridgehead atoms.